The van der Waals surface area contributed by atoms with Crippen LogP contribution in [0.15, 0.2) is 84.9 Å². The molecule has 0 bridgehead atoms. The third kappa shape index (κ3) is 5.55. The van der Waals surface area contributed by atoms with Gasteiger partial charge >= 0.3 is 0 Å². The lowest BCUT2D eigenvalue weighted by molar-refractivity contribution is -0.132. The largest absolute Gasteiger partial charge is 0.494 e. The Morgan fingerprint density at radius 2 is 1.25 bits per heavy atom. The lowest BCUT2D eigenvalue weighted by atomic mass is 10.0. The molecular weight excluding hydrogens is 400 g/mol. The maximum atomic E-state index is 12.9. The molecule has 5 heteroatoms. The summed E-state index contributed by atoms with van der Waals surface area (Å²) in [6, 6.07) is 27.5. The van der Waals surface area contributed by atoms with Gasteiger partial charge in [-0.3, -0.25) is 9.59 Å². The first-order chi connectivity index (χ1) is 15.7. The molecule has 5 nitrogen and oxygen atoms in total. The Morgan fingerprint density at radius 3 is 1.91 bits per heavy atom. The van der Waals surface area contributed by atoms with Gasteiger partial charge in [-0.25, -0.2) is 0 Å². The first kappa shape index (κ1) is 21.6. The monoisotopic (exact) mass is 428 g/mol. The van der Waals surface area contributed by atoms with Crippen molar-refractivity contribution in [3.8, 4) is 16.9 Å². The van der Waals surface area contributed by atoms with Gasteiger partial charge in [0.05, 0.1) is 6.61 Å². The number of carbonyl (C=O) groups excluding carboxylic acids is 2. The Morgan fingerprint density at radius 1 is 0.688 bits per heavy atom. The van der Waals surface area contributed by atoms with Crippen molar-refractivity contribution in [1.82, 2.24) is 9.80 Å². The number of hydrogen-bond donors (Lipinski definition) is 0. The molecule has 1 aliphatic heterocycles. The summed E-state index contributed by atoms with van der Waals surface area (Å²) in [5.41, 5.74) is 2.91. The molecule has 3 aromatic rings. The van der Waals surface area contributed by atoms with Crippen LogP contribution < -0.4 is 4.74 Å². The zero-order valence-corrected chi connectivity index (χ0v) is 18.2. The molecule has 0 atom stereocenters. The average Bonchev–Trinajstić information content (AvgIpc) is 2.87. The van der Waals surface area contributed by atoms with Crippen LogP contribution in [-0.2, 0) is 4.79 Å². The van der Waals surface area contributed by atoms with Crippen LogP contribution in [0.2, 0.25) is 0 Å². The van der Waals surface area contributed by atoms with Crippen LogP contribution in [0, 0.1) is 0 Å². The highest BCUT2D eigenvalue weighted by Gasteiger charge is 2.24. The van der Waals surface area contributed by atoms with E-state index in [0.717, 1.165) is 16.9 Å². The van der Waals surface area contributed by atoms with E-state index in [9.17, 15) is 9.59 Å². The van der Waals surface area contributed by atoms with Crippen molar-refractivity contribution in [2.45, 2.75) is 12.8 Å². The number of hydrogen-bond acceptors (Lipinski definition) is 3. The van der Waals surface area contributed by atoms with E-state index in [1.165, 1.54) is 0 Å². The topological polar surface area (TPSA) is 49.9 Å². The number of piperazine rings is 1. The van der Waals surface area contributed by atoms with Crippen LogP contribution in [-0.4, -0.2) is 54.4 Å². The summed E-state index contributed by atoms with van der Waals surface area (Å²) in [4.78, 5) is 29.1. The molecule has 1 saturated heterocycles. The van der Waals surface area contributed by atoms with Crippen LogP contribution in [0.3, 0.4) is 0 Å². The Labute approximate surface area is 189 Å². The Balaban J connectivity index is 1.21. The number of benzene rings is 3. The van der Waals surface area contributed by atoms with Gasteiger partial charge in [0, 0.05) is 38.2 Å². The van der Waals surface area contributed by atoms with Crippen LogP contribution in [0.5, 0.6) is 5.75 Å². The van der Waals surface area contributed by atoms with E-state index < -0.39 is 0 Å². The lowest BCUT2D eigenvalue weighted by Crippen LogP contribution is -2.50. The van der Waals surface area contributed by atoms with Gasteiger partial charge in [-0.2, -0.15) is 0 Å². The Hall–Kier alpha value is -3.60. The van der Waals surface area contributed by atoms with Crippen LogP contribution in [0.25, 0.3) is 11.1 Å². The molecule has 0 aliphatic carbocycles. The smallest absolute Gasteiger partial charge is 0.253 e. The summed E-state index contributed by atoms with van der Waals surface area (Å²) in [5.74, 6) is 0.970. The maximum absolute atomic E-state index is 12.9. The van der Waals surface area contributed by atoms with Gasteiger partial charge in [0.25, 0.3) is 5.91 Å². The van der Waals surface area contributed by atoms with Crippen LogP contribution >= 0.6 is 0 Å². The molecule has 0 saturated carbocycles. The van der Waals surface area contributed by atoms with Gasteiger partial charge in [-0.1, -0.05) is 60.7 Å². The fourth-order valence-corrected chi connectivity index (χ4v) is 3.87. The third-order valence-electron chi connectivity index (χ3n) is 5.71. The minimum Gasteiger partial charge on any atom is -0.494 e. The molecule has 0 spiro atoms. The molecule has 0 aromatic heterocycles. The normalized spacial score (nSPS) is 13.6. The predicted molar refractivity (Wildman–Crippen MR) is 126 cm³/mol. The molecule has 0 N–H and O–H groups in total. The van der Waals surface area contributed by atoms with Crippen molar-refractivity contribution >= 4 is 11.8 Å². The van der Waals surface area contributed by atoms with Crippen molar-refractivity contribution in [3.63, 3.8) is 0 Å². The van der Waals surface area contributed by atoms with Gasteiger partial charge in [0.15, 0.2) is 0 Å². The number of amides is 2. The quantitative estimate of drug-likeness (QED) is 0.521. The van der Waals surface area contributed by atoms with Gasteiger partial charge in [0.2, 0.25) is 5.91 Å². The summed E-state index contributed by atoms with van der Waals surface area (Å²) in [6.07, 6.45) is 1.14. The summed E-state index contributed by atoms with van der Waals surface area (Å²) in [5, 5.41) is 0. The van der Waals surface area contributed by atoms with E-state index in [-0.39, 0.29) is 11.8 Å². The minimum atomic E-state index is 0.0213. The van der Waals surface area contributed by atoms with E-state index in [4.69, 9.17) is 4.74 Å². The zero-order valence-electron chi connectivity index (χ0n) is 18.2. The van der Waals surface area contributed by atoms with E-state index in [2.05, 4.69) is 12.1 Å². The van der Waals surface area contributed by atoms with E-state index in [0.29, 0.717) is 51.2 Å². The van der Waals surface area contributed by atoms with Gasteiger partial charge in [-0.05, 0) is 41.8 Å². The Bertz CT molecular complexity index is 1010. The Kier molecular flexibility index (Phi) is 7.18. The van der Waals surface area contributed by atoms with Crippen LogP contribution in [0.4, 0.5) is 0 Å². The molecule has 0 unspecified atom stereocenters. The average molecular weight is 429 g/mol. The zero-order chi connectivity index (χ0) is 22.2. The second-order valence-corrected chi connectivity index (χ2v) is 7.88. The molecular formula is C27H28N2O3. The summed E-state index contributed by atoms with van der Waals surface area (Å²) >= 11 is 0. The number of rotatable bonds is 7. The second kappa shape index (κ2) is 10.6. The summed E-state index contributed by atoms with van der Waals surface area (Å²) < 4.78 is 5.65. The SMILES string of the molecule is O=C(CCCOc1ccccc1)N1CCN(C(=O)c2ccc(-c3ccccc3)cc2)CC1. The van der Waals surface area contributed by atoms with Crippen LogP contribution in [0.1, 0.15) is 23.2 Å². The van der Waals surface area contributed by atoms with Gasteiger partial charge < -0.3 is 14.5 Å². The molecule has 0 radical (unpaired) electrons. The molecule has 3 aromatic carbocycles. The molecule has 1 heterocycles. The fraction of sp³-hybridized carbons (Fsp3) is 0.259. The highest BCUT2D eigenvalue weighted by molar-refractivity contribution is 5.95. The van der Waals surface area contributed by atoms with E-state index >= 15 is 0 Å². The molecule has 32 heavy (non-hydrogen) atoms. The van der Waals surface area contributed by atoms with E-state index in [1.807, 2.05) is 82.6 Å². The van der Waals surface area contributed by atoms with Gasteiger partial charge in [-0.15, -0.1) is 0 Å². The summed E-state index contributed by atoms with van der Waals surface area (Å²) in [6.45, 7) is 2.79. The minimum absolute atomic E-state index is 0.0213. The third-order valence-corrected chi connectivity index (χ3v) is 5.71. The number of nitrogens with zero attached hydrogens (tertiary/aromatic N) is 2. The number of para-hydroxylation sites is 1. The maximum Gasteiger partial charge on any atom is 0.253 e. The summed E-state index contributed by atoms with van der Waals surface area (Å²) in [7, 11) is 0. The lowest BCUT2D eigenvalue weighted by Gasteiger charge is -2.35. The van der Waals surface area contributed by atoms with Gasteiger partial charge in [0.1, 0.15) is 5.75 Å². The first-order valence-electron chi connectivity index (χ1n) is 11.1. The second-order valence-electron chi connectivity index (χ2n) is 7.88. The number of carbonyl (C=O) groups is 2. The molecule has 1 aliphatic rings. The van der Waals surface area contributed by atoms with Crippen molar-refractivity contribution in [3.05, 3.63) is 90.5 Å². The van der Waals surface area contributed by atoms with Crippen molar-refractivity contribution < 1.29 is 14.3 Å². The molecule has 2 amide bonds. The number of ether oxygens (including phenoxy) is 1. The first-order valence-corrected chi connectivity index (χ1v) is 11.1. The van der Waals surface area contributed by atoms with Crippen molar-refractivity contribution in [1.29, 1.82) is 0 Å². The highest BCUT2D eigenvalue weighted by Crippen LogP contribution is 2.20. The standard InChI is InChI=1S/C27H28N2O3/c30-26(12-7-21-32-25-10-5-2-6-11-25)28-17-19-29(20-18-28)27(31)24-15-13-23(14-16-24)22-8-3-1-4-9-22/h1-6,8-11,13-16H,7,12,17-21H2. The van der Waals surface area contributed by atoms with Crippen molar-refractivity contribution in [2.24, 2.45) is 0 Å². The van der Waals surface area contributed by atoms with E-state index in [1.54, 1.807) is 0 Å². The highest BCUT2D eigenvalue weighted by atomic mass is 16.5. The predicted octanol–water partition coefficient (Wildman–Crippen LogP) is 4.50. The molecule has 164 valence electrons. The van der Waals surface area contributed by atoms with Crippen molar-refractivity contribution in [2.75, 3.05) is 32.8 Å². The fourth-order valence-electron chi connectivity index (χ4n) is 3.87. The molecule has 1 fully saturated rings. The molecule has 4 rings (SSSR count).